The lowest BCUT2D eigenvalue weighted by Gasteiger charge is -2.28. The van der Waals surface area contributed by atoms with Gasteiger partial charge in [-0.15, -0.1) is 0 Å². The van der Waals surface area contributed by atoms with Crippen LogP contribution in [0, 0.1) is 0 Å². The number of rotatable bonds is 22. The fraction of sp³-hybridized carbons (Fsp3) is 0.840. The maximum Gasteiger partial charge on any atom is 0.0966 e. The SMILES string of the molecule is C=CC[N+](C)(C)CCCNOCCCCCCC/C=C\CCCCCCCC. The van der Waals surface area contributed by atoms with Gasteiger partial charge in [0.05, 0.1) is 33.8 Å². The minimum atomic E-state index is 0.836. The number of allylic oxidation sites excluding steroid dienone is 2. The van der Waals surface area contributed by atoms with Crippen molar-refractivity contribution in [2.45, 2.75) is 96.8 Å². The zero-order chi connectivity index (χ0) is 20.8. The Balaban J connectivity index is 3.17. The molecule has 0 aromatic heterocycles. The van der Waals surface area contributed by atoms with Gasteiger partial charge in [0.25, 0.3) is 0 Å². The Morgan fingerprint density at radius 2 is 1.36 bits per heavy atom. The highest BCUT2D eigenvalue weighted by Crippen LogP contribution is 2.09. The summed E-state index contributed by atoms with van der Waals surface area (Å²) in [5.41, 5.74) is 3.10. The molecule has 0 saturated carbocycles. The van der Waals surface area contributed by atoms with Gasteiger partial charge in [0.15, 0.2) is 0 Å². The molecule has 0 amide bonds. The van der Waals surface area contributed by atoms with Crippen molar-refractivity contribution in [2.24, 2.45) is 0 Å². The molecule has 1 N–H and O–H groups in total. The second-order valence-corrected chi connectivity index (χ2v) is 8.81. The summed E-state index contributed by atoms with van der Waals surface area (Å²) in [4.78, 5) is 5.53. The highest BCUT2D eigenvalue weighted by atomic mass is 16.6. The Labute approximate surface area is 177 Å². The summed E-state index contributed by atoms with van der Waals surface area (Å²) in [6, 6.07) is 0. The van der Waals surface area contributed by atoms with E-state index in [1.807, 2.05) is 6.08 Å². The molecule has 0 rings (SSSR count). The van der Waals surface area contributed by atoms with Crippen molar-refractivity contribution >= 4 is 0 Å². The Morgan fingerprint density at radius 1 is 0.786 bits per heavy atom. The van der Waals surface area contributed by atoms with E-state index in [0.717, 1.165) is 37.1 Å². The number of quaternary nitrogens is 1. The second kappa shape index (κ2) is 21.1. The van der Waals surface area contributed by atoms with Gasteiger partial charge in [-0.3, -0.25) is 0 Å². The summed E-state index contributed by atoms with van der Waals surface area (Å²) < 4.78 is 0.999. The number of hydrogen-bond acceptors (Lipinski definition) is 2. The van der Waals surface area contributed by atoms with Crippen LogP contribution < -0.4 is 5.48 Å². The van der Waals surface area contributed by atoms with Gasteiger partial charge < -0.3 is 9.32 Å². The molecule has 3 heteroatoms. The third-order valence-electron chi connectivity index (χ3n) is 5.28. The first-order valence-corrected chi connectivity index (χ1v) is 12.0. The fourth-order valence-electron chi connectivity index (χ4n) is 3.41. The zero-order valence-corrected chi connectivity index (χ0v) is 19.5. The van der Waals surface area contributed by atoms with Gasteiger partial charge in [-0.2, -0.15) is 0 Å². The van der Waals surface area contributed by atoms with Crippen LogP contribution in [0.15, 0.2) is 24.8 Å². The van der Waals surface area contributed by atoms with E-state index in [1.165, 1.54) is 83.5 Å². The quantitative estimate of drug-likeness (QED) is 0.0941. The van der Waals surface area contributed by atoms with Gasteiger partial charge in [-0.1, -0.05) is 77.0 Å². The fourth-order valence-corrected chi connectivity index (χ4v) is 3.41. The smallest absolute Gasteiger partial charge is 0.0966 e. The number of hydrogen-bond donors (Lipinski definition) is 1. The lowest BCUT2D eigenvalue weighted by molar-refractivity contribution is -0.884. The maximum atomic E-state index is 5.53. The molecular weight excluding hydrogens is 344 g/mol. The van der Waals surface area contributed by atoms with Crippen LogP contribution in [-0.2, 0) is 4.84 Å². The van der Waals surface area contributed by atoms with E-state index in [-0.39, 0.29) is 0 Å². The summed E-state index contributed by atoms with van der Waals surface area (Å²) in [5.74, 6) is 0. The van der Waals surface area contributed by atoms with E-state index >= 15 is 0 Å². The predicted octanol–water partition coefficient (Wildman–Crippen LogP) is 6.81. The standard InChI is InChI=1S/C25H51N2O/c1-5-7-8-9-10-11-12-13-14-15-16-17-18-19-20-25-28-26-22-21-24-27(3,4)23-6-2/h6,13-14,26H,2,5,7-12,15-25H2,1,3-4H3/q+1/b14-13-. The Kier molecular flexibility index (Phi) is 20.6. The van der Waals surface area contributed by atoms with Gasteiger partial charge in [-0.25, -0.2) is 5.48 Å². The lowest BCUT2D eigenvalue weighted by Crippen LogP contribution is -2.41. The van der Waals surface area contributed by atoms with E-state index in [9.17, 15) is 0 Å². The molecule has 0 heterocycles. The molecule has 0 spiro atoms. The van der Waals surface area contributed by atoms with Crippen molar-refractivity contribution in [3.05, 3.63) is 24.8 Å². The van der Waals surface area contributed by atoms with Crippen LogP contribution in [0.1, 0.15) is 96.8 Å². The highest BCUT2D eigenvalue weighted by molar-refractivity contribution is 4.81. The third-order valence-corrected chi connectivity index (χ3v) is 5.28. The number of nitrogens with one attached hydrogen (secondary N) is 1. The summed E-state index contributed by atoms with van der Waals surface area (Å²) in [5, 5.41) is 0. The molecule has 0 bridgehead atoms. The molecule has 0 aliphatic rings. The van der Waals surface area contributed by atoms with Crippen LogP contribution >= 0.6 is 0 Å². The molecule has 166 valence electrons. The number of likely N-dealkylation sites (N-methyl/N-ethyl adjacent to an activating group) is 1. The molecule has 0 atom stereocenters. The van der Waals surface area contributed by atoms with Crippen molar-refractivity contribution in [3.63, 3.8) is 0 Å². The summed E-state index contributed by atoms with van der Waals surface area (Å²) in [6.07, 6.45) is 25.3. The normalized spacial score (nSPS) is 12.1. The van der Waals surface area contributed by atoms with E-state index in [1.54, 1.807) is 0 Å². The van der Waals surface area contributed by atoms with Crippen LogP contribution in [0.5, 0.6) is 0 Å². The van der Waals surface area contributed by atoms with Gasteiger partial charge in [0.1, 0.15) is 0 Å². The van der Waals surface area contributed by atoms with Crippen molar-refractivity contribution in [1.82, 2.24) is 5.48 Å². The second-order valence-electron chi connectivity index (χ2n) is 8.81. The van der Waals surface area contributed by atoms with Gasteiger partial charge in [0, 0.05) is 13.0 Å². The molecule has 0 aliphatic heterocycles. The molecule has 0 radical (unpaired) electrons. The van der Waals surface area contributed by atoms with Gasteiger partial charge in [-0.05, 0) is 38.2 Å². The number of unbranched alkanes of at least 4 members (excludes halogenated alkanes) is 11. The largest absolute Gasteiger partial charge is 0.325 e. The summed E-state index contributed by atoms with van der Waals surface area (Å²) >= 11 is 0. The van der Waals surface area contributed by atoms with Crippen molar-refractivity contribution in [3.8, 4) is 0 Å². The van der Waals surface area contributed by atoms with Crippen LogP contribution in [0.2, 0.25) is 0 Å². The van der Waals surface area contributed by atoms with E-state index in [2.05, 4.69) is 45.2 Å². The molecule has 0 aromatic rings. The molecule has 0 aromatic carbocycles. The van der Waals surface area contributed by atoms with E-state index < -0.39 is 0 Å². The first-order valence-electron chi connectivity index (χ1n) is 12.0. The van der Waals surface area contributed by atoms with Crippen LogP contribution in [-0.4, -0.2) is 44.8 Å². The highest BCUT2D eigenvalue weighted by Gasteiger charge is 2.11. The average Bonchev–Trinajstić information content (AvgIpc) is 2.66. The summed E-state index contributed by atoms with van der Waals surface area (Å²) in [7, 11) is 4.49. The van der Waals surface area contributed by atoms with E-state index in [4.69, 9.17) is 4.84 Å². The van der Waals surface area contributed by atoms with Crippen molar-refractivity contribution in [1.29, 1.82) is 0 Å². The first-order chi connectivity index (χ1) is 13.6. The predicted molar refractivity (Wildman–Crippen MR) is 125 cm³/mol. The molecular formula is C25H51N2O+. The molecule has 0 fully saturated rings. The molecule has 0 saturated heterocycles. The Hall–Kier alpha value is -0.640. The topological polar surface area (TPSA) is 21.3 Å². The maximum absolute atomic E-state index is 5.53. The van der Waals surface area contributed by atoms with Crippen LogP contribution in [0.3, 0.4) is 0 Å². The molecule has 0 unspecified atom stereocenters. The van der Waals surface area contributed by atoms with Crippen LogP contribution in [0.4, 0.5) is 0 Å². The molecule has 0 aliphatic carbocycles. The monoisotopic (exact) mass is 395 g/mol. The third kappa shape index (κ3) is 21.7. The van der Waals surface area contributed by atoms with Gasteiger partial charge in [0.2, 0.25) is 0 Å². The Bertz CT molecular complexity index is 352. The van der Waals surface area contributed by atoms with E-state index in [0.29, 0.717) is 0 Å². The summed E-state index contributed by atoms with van der Waals surface area (Å²) in [6.45, 7) is 10.0. The van der Waals surface area contributed by atoms with Gasteiger partial charge >= 0.3 is 0 Å². The van der Waals surface area contributed by atoms with Crippen LogP contribution in [0.25, 0.3) is 0 Å². The lowest BCUT2D eigenvalue weighted by atomic mass is 10.1. The minimum absolute atomic E-state index is 0.836. The zero-order valence-electron chi connectivity index (χ0n) is 19.5. The average molecular weight is 396 g/mol. The number of nitrogens with zero attached hydrogens (tertiary/aromatic N) is 1. The first kappa shape index (κ1) is 27.4. The van der Waals surface area contributed by atoms with Crippen molar-refractivity contribution in [2.75, 3.05) is 40.3 Å². The van der Waals surface area contributed by atoms with Crippen molar-refractivity contribution < 1.29 is 9.32 Å². The molecule has 3 nitrogen and oxygen atoms in total. The molecule has 28 heavy (non-hydrogen) atoms. The minimum Gasteiger partial charge on any atom is -0.325 e. The number of hydroxylamine groups is 1. The Morgan fingerprint density at radius 3 is 1.96 bits per heavy atom.